The van der Waals surface area contributed by atoms with Crippen molar-refractivity contribution in [3.05, 3.63) is 71.1 Å². The van der Waals surface area contributed by atoms with Crippen molar-refractivity contribution in [2.45, 2.75) is 11.7 Å². The Morgan fingerprint density at radius 2 is 1.97 bits per heavy atom. The van der Waals surface area contributed by atoms with Crippen LogP contribution < -0.4 is 15.6 Å². The second-order valence-electron chi connectivity index (χ2n) is 6.55. The molecule has 1 amide bonds. The van der Waals surface area contributed by atoms with Crippen LogP contribution in [0, 0.1) is 0 Å². The number of carbonyl (C=O) groups is 1. The number of rotatable bonds is 8. The van der Waals surface area contributed by atoms with Crippen molar-refractivity contribution in [2.24, 2.45) is 0 Å². The van der Waals surface area contributed by atoms with Gasteiger partial charge in [-0.25, -0.2) is 4.98 Å². The zero-order valence-electron chi connectivity index (χ0n) is 16.7. The number of nitrogens with one attached hydrogen (secondary N) is 1. The molecule has 0 saturated carbocycles. The van der Waals surface area contributed by atoms with E-state index >= 15 is 0 Å². The molecular formula is C21H20N5O4S+. The molecule has 0 unspecified atom stereocenters. The van der Waals surface area contributed by atoms with E-state index in [-0.39, 0.29) is 23.1 Å². The van der Waals surface area contributed by atoms with E-state index in [4.69, 9.17) is 9.26 Å². The van der Waals surface area contributed by atoms with Crippen LogP contribution in [0.15, 0.2) is 75.3 Å². The van der Waals surface area contributed by atoms with E-state index < -0.39 is 0 Å². The number of benzene rings is 2. The number of amides is 1. The second kappa shape index (κ2) is 9.54. The summed E-state index contributed by atoms with van der Waals surface area (Å²) in [5, 5.41) is 7.41. The third-order valence-corrected chi connectivity index (χ3v) is 5.33. The van der Waals surface area contributed by atoms with Crippen molar-refractivity contribution in [2.75, 3.05) is 24.8 Å². The van der Waals surface area contributed by atoms with Gasteiger partial charge in [-0.1, -0.05) is 42.1 Å². The molecule has 158 valence electrons. The molecule has 2 aromatic carbocycles. The Hall–Kier alpha value is -3.50. The number of methoxy groups -OCH3 is 1. The van der Waals surface area contributed by atoms with Crippen molar-refractivity contribution in [3.8, 4) is 5.69 Å². The average molecular weight is 438 g/mol. The zero-order valence-corrected chi connectivity index (χ0v) is 17.5. The van der Waals surface area contributed by atoms with Crippen LogP contribution >= 0.6 is 11.8 Å². The third kappa shape index (κ3) is 4.81. The summed E-state index contributed by atoms with van der Waals surface area (Å²) in [5.41, 5.74) is 1.08. The van der Waals surface area contributed by atoms with Crippen molar-refractivity contribution in [1.82, 2.24) is 14.8 Å². The van der Waals surface area contributed by atoms with Crippen molar-refractivity contribution >= 4 is 34.5 Å². The number of ether oxygens (including phenoxy) is 1. The van der Waals surface area contributed by atoms with Gasteiger partial charge < -0.3 is 4.74 Å². The molecule has 0 fully saturated rings. The summed E-state index contributed by atoms with van der Waals surface area (Å²) in [6, 6.07) is 16.4. The van der Waals surface area contributed by atoms with Gasteiger partial charge >= 0.3 is 5.88 Å². The van der Waals surface area contributed by atoms with E-state index in [1.807, 2.05) is 36.4 Å². The summed E-state index contributed by atoms with van der Waals surface area (Å²) in [6.07, 6.45) is 1.58. The van der Waals surface area contributed by atoms with Crippen molar-refractivity contribution in [3.63, 3.8) is 0 Å². The first-order valence-electron chi connectivity index (χ1n) is 9.51. The lowest BCUT2D eigenvalue weighted by atomic mass is 10.2. The first-order valence-corrected chi connectivity index (χ1v) is 10.5. The van der Waals surface area contributed by atoms with Crippen LogP contribution in [0.25, 0.3) is 16.6 Å². The Bertz CT molecular complexity index is 1260. The quantitative estimate of drug-likeness (QED) is 0.255. The van der Waals surface area contributed by atoms with Crippen molar-refractivity contribution in [1.29, 1.82) is 0 Å². The average Bonchev–Trinajstić information content (AvgIpc) is 3.24. The molecule has 4 aromatic rings. The van der Waals surface area contributed by atoms with E-state index in [1.54, 1.807) is 31.5 Å². The Morgan fingerprint density at radius 1 is 1.19 bits per heavy atom. The fraction of sp³-hybridized carbons (Fsp3) is 0.190. The normalized spacial score (nSPS) is 11.0. The maximum atomic E-state index is 13.1. The first kappa shape index (κ1) is 20.8. The van der Waals surface area contributed by atoms with Crippen LogP contribution in [0.1, 0.15) is 0 Å². The van der Waals surface area contributed by atoms with Crippen molar-refractivity contribution < 1.29 is 18.7 Å². The number of carbonyl (C=O) groups excluding carboxylic acids is 1. The van der Waals surface area contributed by atoms with Gasteiger partial charge in [0.1, 0.15) is 6.61 Å². The van der Waals surface area contributed by atoms with Gasteiger partial charge in [-0.15, -0.1) is 0 Å². The summed E-state index contributed by atoms with van der Waals surface area (Å²) in [6.45, 7) is 0.986. The number of para-hydroxylation sites is 2. The molecule has 2 heterocycles. The molecule has 0 bridgehead atoms. The summed E-state index contributed by atoms with van der Waals surface area (Å²) in [7, 11) is 1.59. The molecule has 0 saturated heterocycles. The number of fused-ring (bicyclic) bond motifs is 1. The fourth-order valence-electron chi connectivity index (χ4n) is 2.94. The highest BCUT2D eigenvalue weighted by Gasteiger charge is 2.17. The Balaban J connectivity index is 1.56. The number of thioether (sulfide) groups is 1. The van der Waals surface area contributed by atoms with Gasteiger partial charge in [0.25, 0.3) is 11.8 Å². The summed E-state index contributed by atoms with van der Waals surface area (Å²) in [5.74, 6) is -0.0354. The number of anilines is 1. The lowest BCUT2D eigenvalue weighted by Crippen LogP contribution is -2.36. The minimum Gasteiger partial charge on any atom is -0.378 e. The Kier molecular flexibility index (Phi) is 6.39. The molecule has 10 heteroatoms. The fourth-order valence-corrected chi connectivity index (χ4v) is 3.75. The topological polar surface area (TPSA) is 103 Å². The molecule has 0 radical (unpaired) electrons. The van der Waals surface area contributed by atoms with Crippen LogP contribution in [-0.4, -0.2) is 40.2 Å². The highest BCUT2D eigenvalue weighted by atomic mass is 32.2. The van der Waals surface area contributed by atoms with Gasteiger partial charge in [-0.2, -0.15) is 0 Å². The molecule has 31 heavy (non-hydrogen) atoms. The van der Waals surface area contributed by atoms with E-state index in [9.17, 15) is 9.59 Å². The molecule has 0 aliphatic heterocycles. The minimum atomic E-state index is -0.304. The zero-order chi connectivity index (χ0) is 21.6. The first-order chi connectivity index (χ1) is 15.2. The third-order valence-electron chi connectivity index (χ3n) is 4.39. The molecule has 4 rings (SSSR count). The summed E-state index contributed by atoms with van der Waals surface area (Å²) < 4.78 is 13.1. The van der Waals surface area contributed by atoms with Gasteiger partial charge in [0.15, 0.2) is 5.16 Å². The smallest absolute Gasteiger partial charge is 0.302 e. The van der Waals surface area contributed by atoms with Crippen LogP contribution in [-0.2, 0) is 16.1 Å². The molecule has 0 spiro atoms. The van der Waals surface area contributed by atoms with Gasteiger partial charge in [-0.05, 0) is 28.9 Å². The highest BCUT2D eigenvalue weighted by molar-refractivity contribution is 7.99. The molecule has 0 aliphatic rings. The largest absolute Gasteiger partial charge is 0.378 e. The molecule has 1 N–H and O–H groups in total. The van der Waals surface area contributed by atoms with Gasteiger partial charge in [0, 0.05) is 7.11 Å². The van der Waals surface area contributed by atoms with Crippen LogP contribution in [0.2, 0.25) is 0 Å². The summed E-state index contributed by atoms with van der Waals surface area (Å²) >= 11 is 1.17. The lowest BCUT2D eigenvalue weighted by molar-refractivity contribution is -0.763. The summed E-state index contributed by atoms with van der Waals surface area (Å²) in [4.78, 5) is 30.2. The SMILES string of the molecule is COCC[n+]1cc(NC(=O)CSc2nc3ccccc3c(=O)n2-c2ccccc2)on1. The predicted molar refractivity (Wildman–Crippen MR) is 115 cm³/mol. The molecule has 2 aromatic heterocycles. The van der Waals surface area contributed by atoms with Gasteiger partial charge in [-0.3, -0.25) is 24.0 Å². The highest BCUT2D eigenvalue weighted by Crippen LogP contribution is 2.21. The number of nitrogens with zero attached hydrogens (tertiary/aromatic N) is 4. The maximum absolute atomic E-state index is 13.1. The van der Waals surface area contributed by atoms with E-state index in [0.29, 0.717) is 34.9 Å². The molecule has 9 nitrogen and oxygen atoms in total. The standard InChI is InChI=1S/C21H19N5O4S/c1-29-12-11-25-13-19(30-24-25)23-18(27)14-31-21-22-17-10-6-5-9-16(17)20(28)26(21)15-7-3-2-4-8-15/h2-10,13H,11-12,14H2,1H3/p+1. The molecule has 0 atom stereocenters. The maximum Gasteiger partial charge on any atom is 0.302 e. The van der Waals surface area contributed by atoms with E-state index in [1.165, 1.54) is 21.0 Å². The van der Waals surface area contributed by atoms with Crippen LogP contribution in [0.4, 0.5) is 5.88 Å². The lowest BCUT2D eigenvalue weighted by Gasteiger charge is -2.12. The number of aromatic nitrogens is 4. The van der Waals surface area contributed by atoms with Crippen LogP contribution in [0.5, 0.6) is 0 Å². The van der Waals surface area contributed by atoms with Gasteiger partial charge in [0.2, 0.25) is 17.7 Å². The number of hydrogen-bond acceptors (Lipinski definition) is 7. The Morgan fingerprint density at radius 3 is 2.77 bits per heavy atom. The van der Waals surface area contributed by atoms with Gasteiger partial charge in [0.05, 0.1) is 22.3 Å². The molecule has 0 aliphatic carbocycles. The molecular weight excluding hydrogens is 418 g/mol. The van der Waals surface area contributed by atoms with E-state index in [2.05, 4.69) is 15.6 Å². The second-order valence-corrected chi connectivity index (χ2v) is 7.49. The number of hydrogen-bond donors (Lipinski definition) is 1. The van der Waals surface area contributed by atoms with Crippen LogP contribution in [0.3, 0.4) is 0 Å². The minimum absolute atomic E-state index is 0.0381. The Labute approximate surface area is 181 Å². The van der Waals surface area contributed by atoms with E-state index in [0.717, 1.165) is 0 Å². The monoisotopic (exact) mass is 438 g/mol. The predicted octanol–water partition coefficient (Wildman–Crippen LogP) is 2.04.